The first-order chi connectivity index (χ1) is 14.2. The van der Waals surface area contributed by atoms with Crippen molar-refractivity contribution in [2.24, 2.45) is 0 Å². The van der Waals surface area contributed by atoms with Gasteiger partial charge < -0.3 is 10.6 Å². The molecule has 7 nitrogen and oxygen atoms in total. The van der Waals surface area contributed by atoms with Gasteiger partial charge >= 0.3 is 0 Å². The summed E-state index contributed by atoms with van der Waals surface area (Å²) in [6.45, 7) is 2.27. The van der Waals surface area contributed by atoms with Gasteiger partial charge in [-0.15, -0.1) is 0 Å². The van der Waals surface area contributed by atoms with Crippen molar-refractivity contribution in [1.82, 2.24) is 24.9 Å². The van der Waals surface area contributed by atoms with Gasteiger partial charge in [-0.2, -0.15) is 4.98 Å². The molecule has 0 aliphatic carbocycles. The van der Waals surface area contributed by atoms with E-state index in [0.29, 0.717) is 29.6 Å². The molecule has 2 N–H and O–H groups in total. The average molecular weight is 387 g/mol. The Balaban J connectivity index is 1.64. The molecule has 0 amide bonds. The van der Waals surface area contributed by atoms with Crippen LogP contribution < -0.4 is 10.6 Å². The molecule has 0 unspecified atom stereocenters. The Labute approximate surface area is 167 Å². The van der Waals surface area contributed by atoms with Gasteiger partial charge in [0, 0.05) is 54.3 Å². The second-order valence-corrected chi connectivity index (χ2v) is 6.38. The van der Waals surface area contributed by atoms with Crippen molar-refractivity contribution < 1.29 is 4.39 Å². The van der Waals surface area contributed by atoms with Gasteiger partial charge in [-0.05, 0) is 48.4 Å². The molecule has 0 bridgehead atoms. The summed E-state index contributed by atoms with van der Waals surface area (Å²) in [6.07, 6.45) is 10.1. The minimum atomic E-state index is -0.254. The number of benzene rings is 1. The monoisotopic (exact) mass is 387 g/mol. The molecule has 8 heteroatoms. The van der Waals surface area contributed by atoms with Gasteiger partial charge in [0.15, 0.2) is 0 Å². The van der Waals surface area contributed by atoms with Crippen molar-refractivity contribution in [3.05, 3.63) is 84.6 Å². The number of aromatic nitrogens is 5. The third-order valence-corrected chi connectivity index (χ3v) is 4.28. The quantitative estimate of drug-likeness (QED) is 0.514. The Morgan fingerprint density at radius 2 is 1.76 bits per heavy atom. The average Bonchev–Trinajstić information content (AvgIpc) is 2.76. The minimum Gasteiger partial charge on any atom is -0.365 e. The molecule has 4 rings (SSSR count). The molecule has 0 aliphatic rings. The largest absolute Gasteiger partial charge is 0.365 e. The van der Waals surface area contributed by atoms with Crippen molar-refractivity contribution >= 4 is 17.5 Å². The van der Waals surface area contributed by atoms with Gasteiger partial charge in [0.2, 0.25) is 5.95 Å². The molecule has 4 aromatic rings. The lowest BCUT2D eigenvalue weighted by Gasteiger charge is -2.13. The number of aryl methyl sites for hydroxylation is 1. The molecule has 0 atom stereocenters. The molecule has 3 heterocycles. The van der Waals surface area contributed by atoms with E-state index in [1.165, 1.54) is 12.4 Å². The molecule has 144 valence electrons. The van der Waals surface area contributed by atoms with Crippen molar-refractivity contribution in [1.29, 1.82) is 0 Å². The fraction of sp³-hybridized carbons (Fsp3) is 0.0952. The highest BCUT2D eigenvalue weighted by atomic mass is 19.1. The summed E-state index contributed by atoms with van der Waals surface area (Å²) in [5, 5.41) is 6.46. The lowest BCUT2D eigenvalue weighted by atomic mass is 10.1. The maximum Gasteiger partial charge on any atom is 0.229 e. The summed E-state index contributed by atoms with van der Waals surface area (Å²) >= 11 is 0. The fourth-order valence-electron chi connectivity index (χ4n) is 2.76. The number of nitrogens with one attached hydrogen (secondary N) is 2. The Hall–Kier alpha value is -3.94. The van der Waals surface area contributed by atoms with E-state index >= 15 is 0 Å². The minimum absolute atomic E-state index is 0.254. The zero-order chi connectivity index (χ0) is 20.1. The van der Waals surface area contributed by atoms with E-state index < -0.39 is 0 Å². The first-order valence-corrected chi connectivity index (χ1v) is 8.97. The van der Waals surface area contributed by atoms with Crippen LogP contribution in [0, 0.1) is 12.7 Å². The van der Waals surface area contributed by atoms with E-state index in [1.54, 1.807) is 50.0 Å². The summed E-state index contributed by atoms with van der Waals surface area (Å²) in [5.74, 6) is 0.775. The highest BCUT2D eigenvalue weighted by molar-refractivity contribution is 5.74. The lowest BCUT2D eigenvalue weighted by Crippen LogP contribution is -2.07. The van der Waals surface area contributed by atoms with Crippen LogP contribution in [0.4, 0.5) is 21.8 Å². The van der Waals surface area contributed by atoms with Crippen LogP contribution in [0.1, 0.15) is 11.1 Å². The molecule has 29 heavy (non-hydrogen) atoms. The SMILES string of the molecule is Cc1cc(Nc2ncc(-c3cncnc3)c(NCc3ccncc3)n2)ccc1F. The number of rotatable bonds is 6. The maximum absolute atomic E-state index is 13.5. The van der Waals surface area contributed by atoms with Crippen LogP contribution in [-0.4, -0.2) is 24.9 Å². The van der Waals surface area contributed by atoms with Crippen LogP contribution in [-0.2, 0) is 6.54 Å². The number of nitrogens with zero attached hydrogens (tertiary/aromatic N) is 5. The molecule has 0 saturated heterocycles. The summed E-state index contributed by atoms with van der Waals surface area (Å²) in [4.78, 5) is 21.2. The molecule has 0 spiro atoms. The lowest BCUT2D eigenvalue weighted by molar-refractivity contribution is 0.619. The van der Waals surface area contributed by atoms with Crippen LogP contribution in [0.2, 0.25) is 0 Å². The van der Waals surface area contributed by atoms with Crippen molar-refractivity contribution in [3.8, 4) is 11.1 Å². The second-order valence-electron chi connectivity index (χ2n) is 6.38. The zero-order valence-corrected chi connectivity index (χ0v) is 15.7. The molecule has 1 aromatic carbocycles. The van der Waals surface area contributed by atoms with Crippen molar-refractivity contribution in [3.63, 3.8) is 0 Å². The normalized spacial score (nSPS) is 10.6. The van der Waals surface area contributed by atoms with E-state index in [2.05, 4.69) is 35.6 Å². The highest BCUT2D eigenvalue weighted by Crippen LogP contribution is 2.27. The zero-order valence-electron chi connectivity index (χ0n) is 15.7. The predicted octanol–water partition coefficient (Wildman–Crippen LogP) is 4.13. The van der Waals surface area contributed by atoms with Crippen LogP contribution in [0.15, 0.2) is 67.6 Å². The van der Waals surface area contributed by atoms with Gasteiger partial charge in [-0.1, -0.05) is 0 Å². The molecule has 3 aromatic heterocycles. The summed E-state index contributed by atoms with van der Waals surface area (Å²) in [5.41, 5.74) is 3.90. The van der Waals surface area contributed by atoms with Gasteiger partial charge in [-0.25, -0.2) is 19.3 Å². The first-order valence-electron chi connectivity index (χ1n) is 8.97. The Kier molecular flexibility index (Phi) is 5.33. The molecule has 0 aliphatic heterocycles. The third-order valence-electron chi connectivity index (χ3n) is 4.28. The summed E-state index contributed by atoms with van der Waals surface area (Å²) in [6, 6.07) is 8.63. The van der Waals surface area contributed by atoms with E-state index in [9.17, 15) is 4.39 Å². The van der Waals surface area contributed by atoms with Crippen LogP contribution in [0.25, 0.3) is 11.1 Å². The molecule has 0 saturated carbocycles. The van der Waals surface area contributed by atoms with E-state index in [0.717, 1.165) is 16.7 Å². The summed E-state index contributed by atoms with van der Waals surface area (Å²) < 4.78 is 13.5. The fourth-order valence-corrected chi connectivity index (χ4v) is 2.76. The van der Waals surface area contributed by atoms with Crippen molar-refractivity contribution in [2.75, 3.05) is 10.6 Å². The first kappa shape index (κ1) is 18.4. The van der Waals surface area contributed by atoms with Gasteiger partial charge in [0.25, 0.3) is 0 Å². The Morgan fingerprint density at radius 1 is 0.966 bits per heavy atom. The van der Waals surface area contributed by atoms with Crippen LogP contribution >= 0.6 is 0 Å². The van der Waals surface area contributed by atoms with Gasteiger partial charge in [0.1, 0.15) is 18.0 Å². The summed E-state index contributed by atoms with van der Waals surface area (Å²) in [7, 11) is 0. The Bertz CT molecular complexity index is 1100. The highest BCUT2D eigenvalue weighted by Gasteiger charge is 2.11. The maximum atomic E-state index is 13.5. The molecular weight excluding hydrogens is 369 g/mol. The molecule has 0 radical (unpaired) electrons. The number of pyridine rings is 1. The van der Waals surface area contributed by atoms with E-state index in [1.807, 2.05) is 12.1 Å². The standard InChI is InChI=1S/C21H18FN7/c1-14-8-17(2-3-19(14)22)28-21-27-12-18(16-10-24-13-25-11-16)20(29-21)26-9-15-4-6-23-7-5-15/h2-8,10-13H,9H2,1H3,(H2,26,27,28,29). The topological polar surface area (TPSA) is 88.5 Å². The molecule has 0 fully saturated rings. The molecular formula is C21H18FN7. The Morgan fingerprint density at radius 3 is 2.52 bits per heavy atom. The van der Waals surface area contributed by atoms with Crippen LogP contribution in [0.3, 0.4) is 0 Å². The van der Waals surface area contributed by atoms with Crippen LogP contribution in [0.5, 0.6) is 0 Å². The number of hydrogen-bond acceptors (Lipinski definition) is 7. The van der Waals surface area contributed by atoms with Crippen molar-refractivity contribution in [2.45, 2.75) is 13.5 Å². The number of hydrogen-bond donors (Lipinski definition) is 2. The van der Waals surface area contributed by atoms with E-state index in [4.69, 9.17) is 0 Å². The second kappa shape index (κ2) is 8.39. The van der Waals surface area contributed by atoms with Gasteiger partial charge in [0.05, 0.1) is 0 Å². The smallest absolute Gasteiger partial charge is 0.229 e. The van der Waals surface area contributed by atoms with Gasteiger partial charge in [-0.3, -0.25) is 4.98 Å². The van der Waals surface area contributed by atoms with E-state index in [-0.39, 0.29) is 5.82 Å². The third kappa shape index (κ3) is 4.49. The number of halogens is 1. The number of anilines is 3. The predicted molar refractivity (Wildman–Crippen MR) is 109 cm³/mol.